The van der Waals surface area contributed by atoms with E-state index in [9.17, 15) is 31.5 Å². The van der Waals surface area contributed by atoms with Gasteiger partial charge in [0.25, 0.3) is 5.91 Å². The van der Waals surface area contributed by atoms with Crippen LogP contribution in [0.5, 0.6) is 5.88 Å². The lowest BCUT2D eigenvalue weighted by Crippen LogP contribution is -2.37. The Bertz CT molecular complexity index is 1530. The average molecular weight is 635 g/mol. The van der Waals surface area contributed by atoms with E-state index in [1.54, 1.807) is 30.6 Å². The third-order valence-electron chi connectivity index (χ3n) is 8.94. The van der Waals surface area contributed by atoms with E-state index >= 15 is 0 Å². The molecular weight excluding hydrogens is 599 g/mol. The Morgan fingerprint density at radius 1 is 1.02 bits per heavy atom. The van der Waals surface area contributed by atoms with Crippen LogP contribution in [-0.2, 0) is 4.79 Å². The number of amides is 2. The van der Waals surface area contributed by atoms with Gasteiger partial charge in [0.1, 0.15) is 6.10 Å². The van der Waals surface area contributed by atoms with Gasteiger partial charge in [0.05, 0.1) is 36.6 Å². The van der Waals surface area contributed by atoms with E-state index in [1.807, 2.05) is 0 Å². The van der Waals surface area contributed by atoms with Crippen molar-refractivity contribution in [3.63, 3.8) is 0 Å². The van der Waals surface area contributed by atoms with Gasteiger partial charge in [-0.2, -0.15) is 18.3 Å². The molecule has 0 spiro atoms. The van der Waals surface area contributed by atoms with Gasteiger partial charge in [0.15, 0.2) is 5.65 Å². The number of imidazole rings is 1. The molecule has 3 fully saturated rings. The Hall–Kier alpha value is -3.84. The van der Waals surface area contributed by atoms with Gasteiger partial charge in [0.2, 0.25) is 17.7 Å². The summed E-state index contributed by atoms with van der Waals surface area (Å²) in [6.07, 6.45) is 2.82. The van der Waals surface area contributed by atoms with E-state index in [1.165, 1.54) is 10.7 Å². The van der Waals surface area contributed by atoms with Gasteiger partial charge in [-0.3, -0.25) is 9.59 Å². The maximum Gasteiger partial charge on any atom is 0.389 e. The minimum Gasteiger partial charge on any atom is -0.474 e. The summed E-state index contributed by atoms with van der Waals surface area (Å²) in [5.41, 5.74) is 1.78. The van der Waals surface area contributed by atoms with Gasteiger partial charge in [-0.05, 0) is 74.5 Å². The zero-order valence-corrected chi connectivity index (χ0v) is 24.5. The lowest BCUT2D eigenvalue weighted by atomic mass is 9.81. The molecule has 3 aromatic rings. The molecule has 3 saturated carbocycles. The number of ether oxygens (including phenoxy) is 1. The molecule has 14 heteroatoms. The zero-order chi connectivity index (χ0) is 31.8. The molecular formula is C31H35F5N6O3. The highest BCUT2D eigenvalue weighted by Gasteiger charge is 2.40. The number of rotatable bonds is 11. The number of halogens is 5. The van der Waals surface area contributed by atoms with Gasteiger partial charge in [-0.1, -0.05) is 0 Å². The lowest BCUT2D eigenvalue weighted by molar-refractivity contribution is -0.144. The minimum atomic E-state index is -4.43. The quantitative estimate of drug-likeness (QED) is 0.241. The van der Waals surface area contributed by atoms with Crippen molar-refractivity contribution >= 4 is 17.5 Å². The van der Waals surface area contributed by atoms with E-state index in [0.29, 0.717) is 28.3 Å². The van der Waals surface area contributed by atoms with E-state index in [2.05, 4.69) is 20.7 Å². The van der Waals surface area contributed by atoms with E-state index in [4.69, 9.17) is 9.72 Å². The Kier molecular flexibility index (Phi) is 8.66. The van der Waals surface area contributed by atoms with Gasteiger partial charge in [0, 0.05) is 37.1 Å². The fraction of sp³-hybridized carbons (Fsp3) is 0.581. The van der Waals surface area contributed by atoms with Crippen LogP contribution in [0.15, 0.2) is 36.8 Å². The summed E-state index contributed by atoms with van der Waals surface area (Å²) in [6, 6.07) is 3.64. The van der Waals surface area contributed by atoms with Crippen molar-refractivity contribution in [2.24, 2.45) is 11.8 Å². The molecule has 2 atom stereocenters. The molecule has 6 rings (SSSR count). The van der Waals surface area contributed by atoms with Gasteiger partial charge >= 0.3 is 6.18 Å². The van der Waals surface area contributed by atoms with E-state index in [0.717, 1.165) is 32.1 Å². The molecule has 9 nitrogen and oxygen atoms in total. The fourth-order valence-corrected chi connectivity index (χ4v) is 5.96. The van der Waals surface area contributed by atoms with Gasteiger partial charge < -0.3 is 15.4 Å². The van der Waals surface area contributed by atoms with Crippen LogP contribution in [0.1, 0.15) is 104 Å². The molecule has 0 aliphatic heterocycles. The third-order valence-corrected chi connectivity index (χ3v) is 8.94. The summed E-state index contributed by atoms with van der Waals surface area (Å²) in [5, 5.41) is 10.2. The second-order valence-electron chi connectivity index (χ2n) is 12.5. The molecule has 242 valence electrons. The Labute approximate surface area is 256 Å². The largest absolute Gasteiger partial charge is 0.474 e. The summed E-state index contributed by atoms with van der Waals surface area (Å²) < 4.78 is 73.4. The highest BCUT2D eigenvalue weighted by atomic mass is 19.4. The second-order valence-corrected chi connectivity index (χ2v) is 12.5. The van der Waals surface area contributed by atoms with Crippen molar-refractivity contribution < 1.29 is 36.3 Å². The molecule has 0 radical (unpaired) electrons. The number of alkyl halides is 5. The topological polar surface area (TPSA) is 111 Å². The molecule has 2 N–H and O–H groups in total. The lowest BCUT2D eigenvalue weighted by Gasteiger charge is -2.33. The Morgan fingerprint density at radius 3 is 2.42 bits per heavy atom. The number of nitrogens with zero attached hydrogens (tertiary/aromatic N) is 4. The van der Waals surface area contributed by atoms with Crippen LogP contribution in [0.4, 0.5) is 22.0 Å². The number of hydrogen-bond donors (Lipinski definition) is 2. The number of fused-ring (bicyclic) bond motifs is 1. The summed E-state index contributed by atoms with van der Waals surface area (Å²) in [5.74, 6) is -3.75. The van der Waals surface area contributed by atoms with Crippen LogP contribution in [0.2, 0.25) is 0 Å². The van der Waals surface area contributed by atoms with Crippen molar-refractivity contribution in [3.8, 4) is 5.88 Å². The first kappa shape index (κ1) is 31.2. The number of hydrogen-bond acceptors (Lipinski definition) is 6. The maximum atomic E-state index is 14.1. The number of pyridine rings is 1. The molecule has 2 amide bonds. The Morgan fingerprint density at radius 2 is 1.76 bits per heavy atom. The first-order chi connectivity index (χ1) is 21.4. The molecule has 0 aromatic carbocycles. The van der Waals surface area contributed by atoms with Crippen molar-refractivity contribution in [2.45, 2.75) is 101 Å². The summed E-state index contributed by atoms with van der Waals surface area (Å²) >= 11 is 0. The summed E-state index contributed by atoms with van der Waals surface area (Å²) in [7, 11) is 0. The van der Waals surface area contributed by atoms with Crippen LogP contribution in [0.3, 0.4) is 0 Å². The summed E-state index contributed by atoms with van der Waals surface area (Å²) in [4.78, 5) is 34.7. The van der Waals surface area contributed by atoms with Crippen molar-refractivity contribution in [1.82, 2.24) is 30.2 Å². The van der Waals surface area contributed by atoms with E-state index < -0.39 is 48.8 Å². The first-order valence-electron chi connectivity index (χ1n) is 15.5. The van der Waals surface area contributed by atoms with Crippen molar-refractivity contribution in [1.29, 1.82) is 0 Å². The standard InChI is InChI=1S/C31H35F5N6O3/c32-30(33)10-6-19(7-11-30)28(41-29(44)20-9-13-37-26(15-20)45-22-2-1-3-22)23-17-42-24(39-23)14-21(16-38-42)27(18-4-5-18)40-25(43)8-12-31(34,35)36/h9,13-19,22,27-28H,1-8,10-12H2,(H,40,43)(H,41,44)/t27-,28+/m1/s1. The SMILES string of the molecule is O=C(CCC(F)(F)F)N[C@@H](c1cnn2cc([C@@H](NC(=O)c3ccnc(OC4CCC4)c3)C3CCC(F)(F)CC3)nc2c1)C1CC1. The summed E-state index contributed by atoms with van der Waals surface area (Å²) in [6.45, 7) is 0. The fourth-order valence-electron chi connectivity index (χ4n) is 5.96. The predicted molar refractivity (Wildman–Crippen MR) is 151 cm³/mol. The van der Waals surface area contributed by atoms with Crippen LogP contribution in [0, 0.1) is 11.8 Å². The third kappa shape index (κ3) is 7.88. The van der Waals surface area contributed by atoms with Crippen molar-refractivity contribution in [2.75, 3.05) is 0 Å². The average Bonchev–Trinajstić information content (AvgIpc) is 3.73. The van der Waals surface area contributed by atoms with Gasteiger partial charge in [-0.25, -0.2) is 23.3 Å². The molecule has 0 bridgehead atoms. The molecule has 3 aliphatic rings. The molecule has 3 heterocycles. The molecule has 45 heavy (non-hydrogen) atoms. The minimum absolute atomic E-state index is 0.0768. The normalized spacial score (nSPS) is 20.3. The first-order valence-corrected chi connectivity index (χ1v) is 15.5. The van der Waals surface area contributed by atoms with Crippen LogP contribution >= 0.6 is 0 Å². The molecule has 3 aliphatic carbocycles. The number of nitrogens with one attached hydrogen (secondary N) is 2. The second kappa shape index (κ2) is 12.5. The monoisotopic (exact) mass is 634 g/mol. The number of carbonyl (C=O) groups is 2. The molecule has 3 aromatic heterocycles. The number of carbonyl (C=O) groups excluding carboxylic acids is 2. The predicted octanol–water partition coefficient (Wildman–Crippen LogP) is 6.26. The van der Waals surface area contributed by atoms with Crippen LogP contribution in [-0.4, -0.2) is 49.6 Å². The smallest absolute Gasteiger partial charge is 0.389 e. The maximum absolute atomic E-state index is 14.1. The van der Waals surface area contributed by atoms with Gasteiger partial charge in [-0.15, -0.1) is 0 Å². The Balaban J connectivity index is 1.23. The van der Waals surface area contributed by atoms with Crippen molar-refractivity contribution in [3.05, 3.63) is 53.6 Å². The highest BCUT2D eigenvalue weighted by molar-refractivity contribution is 5.94. The molecule has 0 unspecified atom stereocenters. The van der Waals surface area contributed by atoms with Crippen LogP contribution in [0.25, 0.3) is 5.65 Å². The molecule has 0 saturated heterocycles. The highest BCUT2D eigenvalue weighted by Crippen LogP contribution is 2.43. The van der Waals surface area contributed by atoms with Crippen LogP contribution < -0.4 is 15.4 Å². The zero-order valence-electron chi connectivity index (χ0n) is 24.5. The van der Waals surface area contributed by atoms with E-state index in [-0.39, 0.29) is 43.6 Å². The number of aromatic nitrogens is 4.